The number of halogens is 6. The number of methoxy groups -OCH3 is 1. The predicted octanol–water partition coefficient (Wildman–Crippen LogP) is -17.1. The summed E-state index contributed by atoms with van der Waals surface area (Å²) in [5, 5.41) is 0. The zero-order valence-electron chi connectivity index (χ0n) is 14.1. The average molecular weight is 482 g/mol. The summed E-state index contributed by atoms with van der Waals surface area (Å²) in [7, 11) is 5.77. The standard InChI is InChI=1S/C15H19N2O.6FH.Sb.3H/c1-16(2)14-8-10-17(11-9-14)12-13-4-6-15(18-3)7-5-13;;;;;;;;;;/h4-11H,12H2,1-3H3;6*1H;;;;/q+1;;;;;;;;;;/p-6. The summed E-state index contributed by atoms with van der Waals surface area (Å²) in [6.45, 7) is 0.873. The van der Waals surface area contributed by atoms with E-state index in [1.54, 1.807) is 7.11 Å². The molecule has 0 radical (unpaired) electrons. The van der Waals surface area contributed by atoms with E-state index in [1.165, 1.54) is 11.3 Å². The Morgan fingerprint density at radius 1 is 0.800 bits per heavy atom. The molecular weight excluding hydrogens is 460 g/mol. The van der Waals surface area contributed by atoms with Crippen LogP contribution in [0.15, 0.2) is 48.8 Å². The number of rotatable bonds is 4. The van der Waals surface area contributed by atoms with Gasteiger partial charge in [-0.05, 0) is 24.3 Å². The molecule has 3 nitrogen and oxygen atoms in total. The van der Waals surface area contributed by atoms with Crippen LogP contribution >= 0.6 is 0 Å². The predicted molar refractivity (Wildman–Crippen MR) is 83.0 cm³/mol. The van der Waals surface area contributed by atoms with E-state index in [-0.39, 0.29) is 52.7 Å². The van der Waals surface area contributed by atoms with Gasteiger partial charge in [-0.15, -0.1) is 0 Å². The molecule has 0 unspecified atom stereocenters. The fourth-order valence-corrected chi connectivity index (χ4v) is 1.79. The number of benzene rings is 1. The first-order valence-corrected chi connectivity index (χ1v) is 5.98. The van der Waals surface area contributed by atoms with Gasteiger partial charge in [-0.2, -0.15) is 0 Å². The van der Waals surface area contributed by atoms with Crippen LogP contribution in [0.4, 0.5) is 5.69 Å². The molecular formula is C15H22F6N2OSb-5. The minimum absolute atomic E-state index is 0. The van der Waals surface area contributed by atoms with Gasteiger partial charge in [0.15, 0.2) is 18.9 Å². The molecule has 1 aromatic carbocycles. The van der Waals surface area contributed by atoms with E-state index in [1.807, 2.05) is 26.2 Å². The summed E-state index contributed by atoms with van der Waals surface area (Å²) in [6, 6.07) is 12.4. The first kappa shape index (κ1) is 38.8. The Balaban J connectivity index is -0.000000129. The van der Waals surface area contributed by atoms with Crippen LogP contribution in [0, 0.1) is 0 Å². The van der Waals surface area contributed by atoms with Crippen molar-refractivity contribution in [3.63, 3.8) is 0 Å². The molecule has 0 amide bonds. The molecule has 0 spiro atoms. The van der Waals surface area contributed by atoms with E-state index in [0.29, 0.717) is 0 Å². The van der Waals surface area contributed by atoms with Crippen molar-refractivity contribution < 1.29 is 37.5 Å². The minimum atomic E-state index is 0. The molecule has 0 saturated carbocycles. The van der Waals surface area contributed by atoms with Crippen molar-refractivity contribution in [1.82, 2.24) is 0 Å². The number of hydrogen-bond donors (Lipinski definition) is 0. The molecule has 150 valence electrons. The Hall–Kier alpha value is -1.63. The SMILES string of the molecule is COc1ccc(C[n+]2ccc(N(C)C)cc2)cc1.[F-].[F-].[F-].[F-].[F-].[F-].[SbH3]. The number of aromatic nitrogens is 1. The molecule has 10 heteroatoms. The maximum absolute atomic E-state index is 5.15. The van der Waals surface area contributed by atoms with Crippen LogP contribution in [0.3, 0.4) is 0 Å². The van der Waals surface area contributed by atoms with Gasteiger partial charge in [-0.25, -0.2) is 4.57 Å². The van der Waals surface area contributed by atoms with Gasteiger partial charge < -0.3 is 37.9 Å². The third-order valence-electron chi connectivity index (χ3n) is 2.91. The van der Waals surface area contributed by atoms with E-state index < -0.39 is 0 Å². The second kappa shape index (κ2) is 18.7. The van der Waals surface area contributed by atoms with E-state index in [0.717, 1.165) is 12.3 Å². The number of anilines is 1. The molecule has 0 aliphatic carbocycles. The quantitative estimate of drug-likeness (QED) is 0.245. The zero-order valence-corrected chi connectivity index (χ0v) is 18.1. The van der Waals surface area contributed by atoms with Crippen LogP contribution in [0.25, 0.3) is 0 Å². The van der Waals surface area contributed by atoms with Crippen LogP contribution in [0.5, 0.6) is 5.75 Å². The monoisotopic (exact) mass is 481 g/mol. The zero-order chi connectivity index (χ0) is 13.0. The number of nitrogens with zero attached hydrogens (tertiary/aromatic N) is 2. The molecule has 2 aromatic rings. The molecule has 1 aromatic heterocycles. The third-order valence-corrected chi connectivity index (χ3v) is 2.91. The fraction of sp³-hybridized carbons (Fsp3) is 0.267. The molecule has 0 saturated heterocycles. The summed E-state index contributed by atoms with van der Waals surface area (Å²) in [5.74, 6) is 0.895. The summed E-state index contributed by atoms with van der Waals surface area (Å²) in [5.41, 5.74) is 2.47. The van der Waals surface area contributed by atoms with Crippen molar-refractivity contribution in [3.8, 4) is 5.75 Å². The molecule has 25 heavy (non-hydrogen) atoms. The van der Waals surface area contributed by atoms with Gasteiger partial charge in [0.25, 0.3) is 0 Å². The van der Waals surface area contributed by atoms with Crippen LogP contribution in [-0.4, -0.2) is 45.6 Å². The van der Waals surface area contributed by atoms with Crippen molar-refractivity contribution in [1.29, 1.82) is 0 Å². The second-order valence-corrected chi connectivity index (χ2v) is 4.47. The normalized spacial score (nSPS) is 7.32. The Morgan fingerprint density at radius 2 is 1.24 bits per heavy atom. The number of ether oxygens (including phenoxy) is 1. The Morgan fingerprint density at radius 3 is 1.60 bits per heavy atom. The van der Waals surface area contributed by atoms with E-state index >= 15 is 0 Å². The summed E-state index contributed by atoms with van der Waals surface area (Å²) >= 11 is 0. The third kappa shape index (κ3) is 11.5. The summed E-state index contributed by atoms with van der Waals surface area (Å²) in [6.07, 6.45) is 4.19. The molecule has 2 rings (SSSR count). The van der Waals surface area contributed by atoms with E-state index in [4.69, 9.17) is 4.74 Å². The van der Waals surface area contributed by atoms with Gasteiger partial charge >= 0.3 is 24.4 Å². The van der Waals surface area contributed by atoms with Crippen LogP contribution in [-0.2, 0) is 6.54 Å². The second-order valence-electron chi connectivity index (χ2n) is 4.47. The van der Waals surface area contributed by atoms with Crippen molar-refractivity contribution in [2.75, 3.05) is 26.1 Å². The molecule has 0 atom stereocenters. The topological polar surface area (TPSA) is 16.4 Å². The van der Waals surface area contributed by atoms with Crippen molar-refractivity contribution in [2.24, 2.45) is 0 Å². The Bertz CT molecular complexity index is 514. The van der Waals surface area contributed by atoms with E-state index in [9.17, 15) is 0 Å². The molecule has 0 bridgehead atoms. The summed E-state index contributed by atoms with van der Waals surface area (Å²) < 4.78 is 7.31. The average Bonchev–Trinajstić information content (AvgIpc) is 2.40. The van der Waals surface area contributed by atoms with Crippen molar-refractivity contribution >= 4 is 30.1 Å². The van der Waals surface area contributed by atoms with Crippen molar-refractivity contribution in [3.05, 3.63) is 54.4 Å². The van der Waals surface area contributed by atoms with Crippen LogP contribution in [0.2, 0.25) is 0 Å². The fourth-order valence-electron chi connectivity index (χ4n) is 1.79. The molecule has 1 heterocycles. The van der Waals surface area contributed by atoms with E-state index in [2.05, 4.69) is 46.1 Å². The molecule has 0 fully saturated rings. The summed E-state index contributed by atoms with van der Waals surface area (Å²) in [4.78, 5) is 2.09. The Kier molecular flexibility index (Phi) is 29.0. The number of pyridine rings is 1. The van der Waals surface area contributed by atoms with Crippen LogP contribution < -0.4 is 42.4 Å². The van der Waals surface area contributed by atoms with Gasteiger partial charge in [-0.1, -0.05) is 0 Å². The maximum atomic E-state index is 5.15. The van der Waals surface area contributed by atoms with Crippen molar-refractivity contribution in [2.45, 2.75) is 6.54 Å². The van der Waals surface area contributed by atoms with Gasteiger partial charge in [0.2, 0.25) is 0 Å². The Labute approximate surface area is 160 Å². The van der Waals surface area contributed by atoms with Gasteiger partial charge in [0.1, 0.15) is 5.75 Å². The number of hydrogen-bond acceptors (Lipinski definition) is 2. The van der Waals surface area contributed by atoms with Gasteiger partial charge in [-0.3, -0.25) is 0 Å². The molecule has 0 N–H and O–H groups in total. The van der Waals surface area contributed by atoms with Gasteiger partial charge in [0, 0.05) is 37.5 Å². The first-order valence-electron chi connectivity index (χ1n) is 5.98. The first-order chi connectivity index (χ1) is 8.69. The van der Waals surface area contributed by atoms with Gasteiger partial charge in [0.05, 0.1) is 7.11 Å². The molecule has 0 aliphatic heterocycles. The van der Waals surface area contributed by atoms with Crippen LogP contribution in [0.1, 0.15) is 5.56 Å². The molecule has 0 aliphatic rings.